The van der Waals surface area contributed by atoms with Crippen LogP contribution in [0.5, 0.6) is 0 Å². The number of hydrogen-bond donors (Lipinski definition) is 0. The predicted molar refractivity (Wildman–Crippen MR) is 53.8 cm³/mol. The molecule has 2 heteroatoms. The number of rotatable bonds is 3. The summed E-state index contributed by atoms with van der Waals surface area (Å²) in [5.74, 6) is 0.555. The lowest BCUT2D eigenvalue weighted by atomic mass is 10.1. The summed E-state index contributed by atoms with van der Waals surface area (Å²) in [6.45, 7) is 7.56. The molecule has 0 aliphatic heterocycles. The van der Waals surface area contributed by atoms with Crippen LogP contribution in [-0.2, 0) is 12.8 Å². The zero-order valence-corrected chi connectivity index (χ0v) is 8.09. The molecule has 70 valence electrons. The van der Waals surface area contributed by atoms with Gasteiger partial charge in [0, 0.05) is 5.56 Å². The molecule has 0 N–H and O–H groups in total. The van der Waals surface area contributed by atoms with Gasteiger partial charge in [-0.05, 0) is 30.5 Å². The van der Waals surface area contributed by atoms with Crippen molar-refractivity contribution in [3.05, 3.63) is 40.0 Å². The van der Waals surface area contributed by atoms with Crippen molar-refractivity contribution >= 4 is 6.08 Å². The highest BCUT2D eigenvalue weighted by Crippen LogP contribution is 2.09. The lowest BCUT2D eigenvalue weighted by Crippen LogP contribution is -2.10. The summed E-state index contributed by atoms with van der Waals surface area (Å²) in [6.07, 6.45) is 3.14. The highest BCUT2D eigenvalue weighted by Gasteiger charge is 2.06. The minimum absolute atomic E-state index is 0.225. The molecule has 13 heavy (non-hydrogen) atoms. The maximum absolute atomic E-state index is 11.4. The van der Waals surface area contributed by atoms with Crippen molar-refractivity contribution in [3.8, 4) is 0 Å². The lowest BCUT2D eigenvalue weighted by molar-refractivity contribution is 0.490. The van der Waals surface area contributed by atoms with Crippen LogP contribution in [0.1, 0.15) is 30.7 Å². The second-order valence-electron chi connectivity index (χ2n) is 2.85. The van der Waals surface area contributed by atoms with Crippen LogP contribution in [0, 0.1) is 0 Å². The Morgan fingerprint density at radius 2 is 2.15 bits per heavy atom. The standard InChI is InChI=1S/C11H14O2/c1-4-8-7-9(5-2)13-11(12)10(8)6-3/h5,7H,2,4,6H2,1,3H3. The molecule has 1 aromatic heterocycles. The van der Waals surface area contributed by atoms with Crippen LogP contribution < -0.4 is 5.63 Å². The molecule has 0 spiro atoms. The van der Waals surface area contributed by atoms with Gasteiger partial charge >= 0.3 is 5.63 Å². The van der Waals surface area contributed by atoms with E-state index in [1.807, 2.05) is 19.9 Å². The van der Waals surface area contributed by atoms with E-state index in [0.717, 1.165) is 24.0 Å². The van der Waals surface area contributed by atoms with Crippen molar-refractivity contribution < 1.29 is 4.42 Å². The molecular formula is C11H14O2. The first-order valence-corrected chi connectivity index (χ1v) is 4.51. The second-order valence-corrected chi connectivity index (χ2v) is 2.85. The largest absolute Gasteiger partial charge is 0.423 e. The van der Waals surface area contributed by atoms with Crippen LogP contribution in [0.3, 0.4) is 0 Å². The fraction of sp³-hybridized carbons (Fsp3) is 0.364. The summed E-state index contributed by atoms with van der Waals surface area (Å²) in [6, 6.07) is 1.88. The summed E-state index contributed by atoms with van der Waals surface area (Å²) in [7, 11) is 0. The van der Waals surface area contributed by atoms with E-state index in [-0.39, 0.29) is 5.63 Å². The summed E-state index contributed by atoms with van der Waals surface area (Å²) in [5.41, 5.74) is 1.62. The number of hydrogen-bond acceptors (Lipinski definition) is 2. The van der Waals surface area contributed by atoms with Gasteiger partial charge in [-0.15, -0.1) is 0 Å². The minimum atomic E-state index is -0.225. The van der Waals surface area contributed by atoms with Crippen LogP contribution in [0.25, 0.3) is 6.08 Å². The molecule has 2 nitrogen and oxygen atoms in total. The smallest absolute Gasteiger partial charge is 0.339 e. The van der Waals surface area contributed by atoms with Gasteiger partial charge in [-0.25, -0.2) is 4.79 Å². The third-order valence-electron chi connectivity index (χ3n) is 2.10. The Kier molecular flexibility index (Phi) is 3.07. The maximum Gasteiger partial charge on any atom is 0.339 e. The Balaban J connectivity index is 3.37. The molecule has 0 atom stereocenters. The van der Waals surface area contributed by atoms with Crippen molar-refractivity contribution in [2.45, 2.75) is 26.7 Å². The van der Waals surface area contributed by atoms with E-state index in [1.54, 1.807) is 6.08 Å². The third kappa shape index (κ3) is 1.89. The van der Waals surface area contributed by atoms with Gasteiger partial charge in [0.15, 0.2) is 0 Å². The highest BCUT2D eigenvalue weighted by atomic mass is 16.4. The average Bonchev–Trinajstić information content (AvgIpc) is 2.16. The Hall–Kier alpha value is -1.31. The molecule has 0 fully saturated rings. The fourth-order valence-corrected chi connectivity index (χ4v) is 1.38. The van der Waals surface area contributed by atoms with Crippen molar-refractivity contribution in [2.75, 3.05) is 0 Å². The van der Waals surface area contributed by atoms with Gasteiger partial charge in [0.25, 0.3) is 0 Å². The number of aryl methyl sites for hydroxylation is 1. The van der Waals surface area contributed by atoms with Crippen LogP contribution in [0.4, 0.5) is 0 Å². The zero-order valence-electron chi connectivity index (χ0n) is 8.09. The topological polar surface area (TPSA) is 30.2 Å². The van der Waals surface area contributed by atoms with Gasteiger partial charge in [-0.2, -0.15) is 0 Å². The fourth-order valence-electron chi connectivity index (χ4n) is 1.38. The molecule has 0 aliphatic rings. The van der Waals surface area contributed by atoms with Crippen LogP contribution in [0.15, 0.2) is 21.9 Å². The Morgan fingerprint density at radius 3 is 2.62 bits per heavy atom. The molecule has 0 saturated carbocycles. The van der Waals surface area contributed by atoms with Crippen LogP contribution >= 0.6 is 0 Å². The Labute approximate surface area is 77.9 Å². The molecule has 1 heterocycles. The molecule has 0 saturated heterocycles. The normalized spacial score (nSPS) is 10.0. The third-order valence-corrected chi connectivity index (χ3v) is 2.10. The van der Waals surface area contributed by atoms with E-state index < -0.39 is 0 Å². The minimum Gasteiger partial charge on any atom is -0.423 e. The molecule has 0 aliphatic carbocycles. The Bertz CT molecular complexity index is 361. The molecule has 0 amide bonds. The monoisotopic (exact) mass is 178 g/mol. The van der Waals surface area contributed by atoms with Gasteiger partial charge < -0.3 is 4.42 Å². The van der Waals surface area contributed by atoms with E-state index in [4.69, 9.17) is 4.42 Å². The highest BCUT2D eigenvalue weighted by molar-refractivity contribution is 5.42. The van der Waals surface area contributed by atoms with Gasteiger partial charge in [0.1, 0.15) is 5.76 Å². The van der Waals surface area contributed by atoms with Crippen molar-refractivity contribution in [1.82, 2.24) is 0 Å². The molecule has 0 bridgehead atoms. The molecule has 0 aromatic carbocycles. The molecular weight excluding hydrogens is 164 g/mol. The SMILES string of the molecule is C=Cc1cc(CC)c(CC)c(=O)o1. The van der Waals surface area contributed by atoms with Crippen LogP contribution in [-0.4, -0.2) is 0 Å². The van der Waals surface area contributed by atoms with Crippen molar-refractivity contribution in [3.63, 3.8) is 0 Å². The average molecular weight is 178 g/mol. The van der Waals surface area contributed by atoms with E-state index in [1.165, 1.54) is 0 Å². The molecule has 1 aromatic rings. The summed E-state index contributed by atoms with van der Waals surface area (Å²) >= 11 is 0. The van der Waals surface area contributed by atoms with Crippen molar-refractivity contribution in [2.24, 2.45) is 0 Å². The van der Waals surface area contributed by atoms with Crippen LogP contribution in [0.2, 0.25) is 0 Å². The molecule has 0 unspecified atom stereocenters. The lowest BCUT2D eigenvalue weighted by Gasteiger charge is -2.03. The summed E-state index contributed by atoms with van der Waals surface area (Å²) in [4.78, 5) is 11.4. The van der Waals surface area contributed by atoms with Gasteiger partial charge in [-0.3, -0.25) is 0 Å². The first-order chi connectivity index (χ1) is 6.22. The first kappa shape index (κ1) is 9.78. The van der Waals surface area contributed by atoms with E-state index in [0.29, 0.717) is 5.76 Å². The van der Waals surface area contributed by atoms with Crippen molar-refractivity contribution in [1.29, 1.82) is 0 Å². The quantitative estimate of drug-likeness (QED) is 0.711. The zero-order chi connectivity index (χ0) is 9.84. The summed E-state index contributed by atoms with van der Waals surface area (Å²) in [5, 5.41) is 0. The van der Waals surface area contributed by atoms with E-state index >= 15 is 0 Å². The van der Waals surface area contributed by atoms with E-state index in [2.05, 4.69) is 6.58 Å². The van der Waals surface area contributed by atoms with Gasteiger partial charge in [0.05, 0.1) is 0 Å². The van der Waals surface area contributed by atoms with Gasteiger partial charge in [-0.1, -0.05) is 20.4 Å². The molecule has 0 radical (unpaired) electrons. The summed E-state index contributed by atoms with van der Waals surface area (Å²) < 4.78 is 5.02. The van der Waals surface area contributed by atoms with E-state index in [9.17, 15) is 4.79 Å². The maximum atomic E-state index is 11.4. The Morgan fingerprint density at radius 1 is 1.46 bits per heavy atom. The second kappa shape index (κ2) is 4.08. The molecule has 1 rings (SSSR count). The first-order valence-electron chi connectivity index (χ1n) is 4.51. The predicted octanol–water partition coefficient (Wildman–Crippen LogP) is 2.41. The van der Waals surface area contributed by atoms with Gasteiger partial charge in [0.2, 0.25) is 0 Å².